The van der Waals surface area contributed by atoms with E-state index in [9.17, 15) is 9.90 Å². The van der Waals surface area contributed by atoms with Gasteiger partial charge in [-0.1, -0.05) is 43.9 Å². The van der Waals surface area contributed by atoms with Gasteiger partial charge in [-0.3, -0.25) is 0 Å². The molecule has 1 saturated carbocycles. The molecule has 112 valence electrons. The number of rotatable bonds is 4. The second-order valence-electron chi connectivity index (χ2n) is 5.77. The molecule has 0 amide bonds. The highest BCUT2D eigenvalue weighted by Crippen LogP contribution is 2.26. The van der Waals surface area contributed by atoms with Crippen LogP contribution in [-0.2, 0) is 6.54 Å². The van der Waals surface area contributed by atoms with E-state index in [0.29, 0.717) is 34.9 Å². The van der Waals surface area contributed by atoms with Crippen LogP contribution in [0, 0.1) is 0 Å². The van der Waals surface area contributed by atoms with E-state index in [1.807, 2.05) is 18.2 Å². The number of para-hydroxylation sites is 1. The molecule has 2 aromatic rings. The lowest BCUT2D eigenvalue weighted by Gasteiger charge is -2.15. The largest absolute Gasteiger partial charge is 0.478 e. The molecular formula is C17H21NO3. The lowest BCUT2D eigenvalue weighted by molar-refractivity contribution is 0.0696. The number of carboxylic acid groups (broad SMARTS) is 1. The van der Waals surface area contributed by atoms with Crippen molar-refractivity contribution in [2.45, 2.75) is 51.1 Å². The van der Waals surface area contributed by atoms with Crippen molar-refractivity contribution in [1.82, 2.24) is 5.32 Å². The fraction of sp³-hybridized carbons (Fsp3) is 0.471. The van der Waals surface area contributed by atoms with Crippen LogP contribution in [0.3, 0.4) is 0 Å². The molecule has 0 radical (unpaired) electrons. The quantitative estimate of drug-likeness (QED) is 0.836. The Balaban J connectivity index is 1.79. The minimum atomic E-state index is -0.919. The monoisotopic (exact) mass is 287 g/mol. The first-order valence-corrected chi connectivity index (χ1v) is 7.73. The van der Waals surface area contributed by atoms with E-state index >= 15 is 0 Å². The van der Waals surface area contributed by atoms with Crippen molar-refractivity contribution in [3.05, 3.63) is 35.6 Å². The summed E-state index contributed by atoms with van der Waals surface area (Å²) in [6.45, 7) is 0.487. The van der Waals surface area contributed by atoms with Gasteiger partial charge in [0.15, 0.2) is 0 Å². The number of aromatic carboxylic acids is 1. The fourth-order valence-corrected chi connectivity index (χ4v) is 3.18. The van der Waals surface area contributed by atoms with Crippen LogP contribution in [0.15, 0.2) is 28.7 Å². The maximum absolute atomic E-state index is 11.5. The van der Waals surface area contributed by atoms with Crippen LogP contribution < -0.4 is 5.32 Å². The standard InChI is InChI=1S/C17H21NO3/c19-17(20)16-13-9-5-6-10-14(13)21-15(16)11-18-12-7-3-1-2-4-8-12/h5-6,9-10,12,18H,1-4,7-8,11H2,(H,19,20). The summed E-state index contributed by atoms with van der Waals surface area (Å²) in [5.41, 5.74) is 0.944. The molecule has 0 saturated heterocycles. The molecule has 1 aromatic heterocycles. The Labute approximate surface area is 124 Å². The summed E-state index contributed by atoms with van der Waals surface area (Å²) < 4.78 is 5.74. The van der Waals surface area contributed by atoms with Gasteiger partial charge in [0, 0.05) is 11.4 Å². The number of nitrogens with one attached hydrogen (secondary N) is 1. The van der Waals surface area contributed by atoms with Gasteiger partial charge in [-0.05, 0) is 18.9 Å². The molecule has 1 aliphatic rings. The Bertz CT molecular complexity index is 624. The third-order valence-corrected chi connectivity index (χ3v) is 4.29. The number of benzene rings is 1. The Kier molecular flexibility index (Phi) is 4.25. The summed E-state index contributed by atoms with van der Waals surface area (Å²) in [6, 6.07) is 7.79. The number of carbonyl (C=O) groups is 1. The predicted octanol–water partition coefficient (Wildman–Crippen LogP) is 3.94. The fourth-order valence-electron chi connectivity index (χ4n) is 3.18. The van der Waals surface area contributed by atoms with Crippen LogP contribution in [0.5, 0.6) is 0 Å². The number of hydrogen-bond donors (Lipinski definition) is 2. The van der Waals surface area contributed by atoms with Gasteiger partial charge in [0.1, 0.15) is 16.9 Å². The maximum atomic E-state index is 11.5. The zero-order valence-electron chi connectivity index (χ0n) is 12.1. The summed E-state index contributed by atoms with van der Waals surface area (Å²) >= 11 is 0. The second kappa shape index (κ2) is 6.31. The first kappa shape index (κ1) is 14.1. The Morgan fingerprint density at radius 2 is 1.90 bits per heavy atom. The van der Waals surface area contributed by atoms with E-state index in [2.05, 4.69) is 5.32 Å². The number of fused-ring (bicyclic) bond motifs is 1. The third-order valence-electron chi connectivity index (χ3n) is 4.29. The van der Waals surface area contributed by atoms with E-state index < -0.39 is 5.97 Å². The normalized spacial score (nSPS) is 17.0. The summed E-state index contributed by atoms with van der Waals surface area (Å²) in [6.07, 6.45) is 7.46. The van der Waals surface area contributed by atoms with Crippen LogP contribution in [0.2, 0.25) is 0 Å². The first-order valence-electron chi connectivity index (χ1n) is 7.73. The summed E-state index contributed by atoms with van der Waals surface area (Å²) in [5, 5.41) is 13.6. The number of furan rings is 1. The van der Waals surface area contributed by atoms with Crippen LogP contribution in [0.25, 0.3) is 11.0 Å². The molecule has 0 bridgehead atoms. The van der Waals surface area contributed by atoms with E-state index in [1.165, 1.54) is 38.5 Å². The average Bonchev–Trinajstić information content (AvgIpc) is 2.65. The Morgan fingerprint density at radius 1 is 1.19 bits per heavy atom. The van der Waals surface area contributed by atoms with Crippen molar-refractivity contribution in [2.24, 2.45) is 0 Å². The minimum absolute atomic E-state index is 0.298. The molecule has 2 N–H and O–H groups in total. The van der Waals surface area contributed by atoms with Crippen molar-refractivity contribution in [2.75, 3.05) is 0 Å². The van der Waals surface area contributed by atoms with Gasteiger partial charge in [-0.15, -0.1) is 0 Å². The van der Waals surface area contributed by atoms with E-state index in [4.69, 9.17) is 4.42 Å². The molecule has 0 unspecified atom stereocenters. The average molecular weight is 287 g/mol. The number of hydrogen-bond acceptors (Lipinski definition) is 3. The molecule has 0 spiro atoms. The minimum Gasteiger partial charge on any atom is -0.478 e. The van der Waals surface area contributed by atoms with E-state index in [-0.39, 0.29) is 0 Å². The zero-order valence-corrected chi connectivity index (χ0v) is 12.1. The van der Waals surface area contributed by atoms with Gasteiger partial charge in [0.05, 0.1) is 6.54 Å². The highest BCUT2D eigenvalue weighted by atomic mass is 16.4. The van der Waals surface area contributed by atoms with Crippen LogP contribution in [0.4, 0.5) is 0 Å². The zero-order chi connectivity index (χ0) is 14.7. The van der Waals surface area contributed by atoms with Crippen molar-refractivity contribution in [3.63, 3.8) is 0 Å². The second-order valence-corrected chi connectivity index (χ2v) is 5.77. The summed E-state index contributed by atoms with van der Waals surface area (Å²) in [5.74, 6) is -0.384. The summed E-state index contributed by atoms with van der Waals surface area (Å²) in [7, 11) is 0. The molecule has 1 aliphatic carbocycles. The van der Waals surface area contributed by atoms with Crippen LogP contribution >= 0.6 is 0 Å². The lowest BCUT2D eigenvalue weighted by atomic mass is 10.1. The molecule has 1 heterocycles. The molecule has 4 nitrogen and oxygen atoms in total. The predicted molar refractivity (Wildman–Crippen MR) is 81.5 cm³/mol. The van der Waals surface area contributed by atoms with Crippen LogP contribution in [0.1, 0.15) is 54.6 Å². The molecule has 0 aliphatic heterocycles. The molecule has 1 fully saturated rings. The molecule has 21 heavy (non-hydrogen) atoms. The first-order chi connectivity index (χ1) is 10.3. The van der Waals surface area contributed by atoms with Gasteiger partial charge in [0.25, 0.3) is 0 Å². The van der Waals surface area contributed by atoms with Crippen molar-refractivity contribution in [1.29, 1.82) is 0 Å². The SMILES string of the molecule is O=C(O)c1c(CNC2CCCCCC2)oc2ccccc12. The number of carboxylic acids is 1. The topological polar surface area (TPSA) is 62.5 Å². The van der Waals surface area contributed by atoms with E-state index in [0.717, 1.165) is 0 Å². The Morgan fingerprint density at radius 3 is 2.62 bits per heavy atom. The van der Waals surface area contributed by atoms with Gasteiger partial charge in [0.2, 0.25) is 0 Å². The summed E-state index contributed by atoms with van der Waals surface area (Å²) in [4.78, 5) is 11.5. The van der Waals surface area contributed by atoms with Crippen molar-refractivity contribution < 1.29 is 14.3 Å². The highest BCUT2D eigenvalue weighted by molar-refractivity contribution is 6.03. The Hall–Kier alpha value is -1.81. The van der Waals surface area contributed by atoms with Gasteiger partial charge in [-0.2, -0.15) is 0 Å². The van der Waals surface area contributed by atoms with Crippen molar-refractivity contribution in [3.8, 4) is 0 Å². The third kappa shape index (κ3) is 3.10. The van der Waals surface area contributed by atoms with Crippen LogP contribution in [-0.4, -0.2) is 17.1 Å². The highest BCUT2D eigenvalue weighted by Gasteiger charge is 2.21. The molecular weight excluding hydrogens is 266 g/mol. The molecule has 3 rings (SSSR count). The molecule has 0 atom stereocenters. The lowest BCUT2D eigenvalue weighted by Crippen LogP contribution is -2.28. The maximum Gasteiger partial charge on any atom is 0.339 e. The van der Waals surface area contributed by atoms with Gasteiger partial charge < -0.3 is 14.8 Å². The molecule has 4 heteroatoms. The van der Waals surface area contributed by atoms with E-state index in [1.54, 1.807) is 6.07 Å². The van der Waals surface area contributed by atoms with Crippen molar-refractivity contribution >= 4 is 16.9 Å². The van der Waals surface area contributed by atoms with Gasteiger partial charge in [-0.25, -0.2) is 4.79 Å². The smallest absolute Gasteiger partial charge is 0.339 e. The van der Waals surface area contributed by atoms with Gasteiger partial charge >= 0.3 is 5.97 Å². The molecule has 1 aromatic carbocycles.